The number of amides is 3. The van der Waals surface area contributed by atoms with Crippen molar-refractivity contribution < 1.29 is 14.4 Å². The van der Waals surface area contributed by atoms with E-state index < -0.39 is 0 Å². The van der Waals surface area contributed by atoms with Crippen molar-refractivity contribution in [1.29, 1.82) is 0 Å². The number of rotatable bonds is 5. The molecule has 2 aliphatic heterocycles. The maximum Gasteiger partial charge on any atom is 0.293 e. The third-order valence-electron chi connectivity index (χ3n) is 5.91. The summed E-state index contributed by atoms with van der Waals surface area (Å²) < 4.78 is 2.87. The molecule has 0 aliphatic carbocycles. The van der Waals surface area contributed by atoms with Crippen LogP contribution in [0.4, 0.5) is 4.79 Å². The topological polar surface area (TPSA) is 62.6 Å². The van der Waals surface area contributed by atoms with Gasteiger partial charge in [0.2, 0.25) is 5.91 Å². The Morgan fingerprint density at radius 1 is 1.29 bits per heavy atom. The first kappa shape index (κ1) is 22.1. The average molecular weight is 504 g/mol. The molecule has 1 atom stereocenters. The number of aromatic nitrogens is 1. The number of nitrogens with zero attached hydrogens (tertiary/aromatic N) is 3. The number of fused-ring (bicyclic) bond motifs is 1. The first-order valence-electron chi connectivity index (χ1n) is 10.7. The SMILES string of the molecule is CCCN1C(=O)S/C(=C\c2cn(CC(=O)N3CCCC[C@@H]3C)c3ccc(Br)cc23)C1=O. The predicted octanol–water partition coefficient (Wildman–Crippen LogP) is 5.25. The number of hydrogen-bond donors (Lipinski definition) is 0. The number of imide groups is 1. The Bertz CT molecular complexity index is 1080. The Hall–Kier alpha value is -2.06. The van der Waals surface area contributed by atoms with Crippen LogP contribution in [-0.4, -0.2) is 50.6 Å². The molecule has 8 heteroatoms. The van der Waals surface area contributed by atoms with Crippen molar-refractivity contribution in [1.82, 2.24) is 14.4 Å². The molecule has 3 heterocycles. The second-order valence-electron chi connectivity index (χ2n) is 8.14. The van der Waals surface area contributed by atoms with Crippen molar-refractivity contribution in [2.24, 2.45) is 0 Å². The van der Waals surface area contributed by atoms with Gasteiger partial charge in [-0.05, 0) is 68.6 Å². The van der Waals surface area contributed by atoms with Crippen LogP contribution in [0.25, 0.3) is 17.0 Å². The normalized spacial score (nSPS) is 21.0. The lowest BCUT2D eigenvalue weighted by molar-refractivity contribution is -0.135. The number of piperidine rings is 1. The maximum atomic E-state index is 13.0. The minimum absolute atomic E-state index is 0.113. The van der Waals surface area contributed by atoms with Crippen LogP contribution in [0.5, 0.6) is 0 Å². The van der Waals surface area contributed by atoms with Crippen LogP contribution in [0, 0.1) is 0 Å². The molecular formula is C23H26BrN3O3S. The van der Waals surface area contributed by atoms with Crippen molar-refractivity contribution in [3.8, 4) is 0 Å². The van der Waals surface area contributed by atoms with Crippen LogP contribution in [0.1, 0.15) is 45.1 Å². The lowest BCUT2D eigenvalue weighted by Gasteiger charge is -2.33. The highest BCUT2D eigenvalue weighted by atomic mass is 79.9. The number of hydrogen-bond acceptors (Lipinski definition) is 4. The zero-order chi connectivity index (χ0) is 22.1. The zero-order valence-corrected chi connectivity index (χ0v) is 20.2. The summed E-state index contributed by atoms with van der Waals surface area (Å²) in [7, 11) is 0. The van der Waals surface area contributed by atoms with Crippen LogP contribution >= 0.6 is 27.7 Å². The summed E-state index contributed by atoms with van der Waals surface area (Å²) in [5.41, 5.74) is 1.76. The Morgan fingerprint density at radius 2 is 2.10 bits per heavy atom. The van der Waals surface area contributed by atoms with Gasteiger partial charge in [-0.15, -0.1) is 0 Å². The summed E-state index contributed by atoms with van der Waals surface area (Å²) in [6.45, 7) is 5.55. The van der Waals surface area contributed by atoms with E-state index in [-0.39, 0.29) is 29.6 Å². The van der Waals surface area contributed by atoms with E-state index >= 15 is 0 Å². The zero-order valence-electron chi connectivity index (χ0n) is 17.8. The molecule has 2 aromatic rings. The van der Waals surface area contributed by atoms with Crippen molar-refractivity contribution in [2.45, 2.75) is 52.1 Å². The smallest absolute Gasteiger partial charge is 0.293 e. The average Bonchev–Trinajstić information content (AvgIpc) is 3.20. The predicted molar refractivity (Wildman–Crippen MR) is 128 cm³/mol. The Balaban J connectivity index is 1.67. The fourth-order valence-corrected chi connectivity index (χ4v) is 5.52. The highest BCUT2D eigenvalue weighted by Gasteiger charge is 2.34. The summed E-state index contributed by atoms with van der Waals surface area (Å²) in [5.74, 6) is -0.132. The number of halogens is 1. The first-order valence-corrected chi connectivity index (χ1v) is 12.3. The second kappa shape index (κ2) is 9.20. The summed E-state index contributed by atoms with van der Waals surface area (Å²) in [4.78, 5) is 41.6. The van der Waals surface area contributed by atoms with E-state index in [1.165, 1.54) is 11.3 Å². The van der Waals surface area contributed by atoms with E-state index in [1.54, 1.807) is 6.08 Å². The molecule has 164 valence electrons. The van der Waals surface area contributed by atoms with Gasteiger partial charge in [0.15, 0.2) is 0 Å². The molecule has 1 aromatic heterocycles. The molecule has 31 heavy (non-hydrogen) atoms. The molecule has 2 fully saturated rings. The van der Waals surface area contributed by atoms with Gasteiger partial charge < -0.3 is 9.47 Å². The molecular weight excluding hydrogens is 478 g/mol. The third-order valence-corrected chi connectivity index (χ3v) is 7.31. The first-order chi connectivity index (χ1) is 14.9. The molecule has 0 unspecified atom stereocenters. The highest BCUT2D eigenvalue weighted by Crippen LogP contribution is 2.35. The van der Waals surface area contributed by atoms with Gasteiger partial charge in [-0.25, -0.2) is 0 Å². The van der Waals surface area contributed by atoms with E-state index in [4.69, 9.17) is 0 Å². The number of likely N-dealkylation sites (tertiary alicyclic amines) is 1. The minimum Gasteiger partial charge on any atom is -0.338 e. The maximum absolute atomic E-state index is 13.0. The van der Waals surface area contributed by atoms with Crippen molar-refractivity contribution >= 4 is 61.7 Å². The van der Waals surface area contributed by atoms with Gasteiger partial charge in [0.1, 0.15) is 6.54 Å². The van der Waals surface area contributed by atoms with Crippen molar-refractivity contribution in [2.75, 3.05) is 13.1 Å². The Labute approximate surface area is 194 Å². The Morgan fingerprint density at radius 3 is 2.84 bits per heavy atom. The number of carbonyl (C=O) groups is 3. The fraction of sp³-hybridized carbons (Fsp3) is 0.435. The fourth-order valence-electron chi connectivity index (χ4n) is 4.31. The van der Waals surface area contributed by atoms with Crippen LogP contribution in [0.3, 0.4) is 0 Å². The highest BCUT2D eigenvalue weighted by molar-refractivity contribution is 9.10. The van der Waals surface area contributed by atoms with Crippen LogP contribution in [-0.2, 0) is 16.1 Å². The molecule has 0 bridgehead atoms. The molecule has 0 spiro atoms. The monoisotopic (exact) mass is 503 g/mol. The van der Waals surface area contributed by atoms with Crippen LogP contribution < -0.4 is 0 Å². The molecule has 1 aromatic carbocycles. The van der Waals surface area contributed by atoms with E-state index in [2.05, 4.69) is 22.9 Å². The summed E-state index contributed by atoms with van der Waals surface area (Å²) in [6, 6.07) is 6.18. The lowest BCUT2D eigenvalue weighted by Crippen LogP contribution is -2.43. The third kappa shape index (κ3) is 4.46. The lowest BCUT2D eigenvalue weighted by atomic mass is 10.0. The van der Waals surface area contributed by atoms with Gasteiger partial charge in [-0.3, -0.25) is 19.3 Å². The molecule has 0 N–H and O–H groups in total. The molecule has 6 nitrogen and oxygen atoms in total. The number of carbonyl (C=O) groups excluding carboxylic acids is 3. The van der Waals surface area contributed by atoms with Gasteiger partial charge in [-0.2, -0.15) is 0 Å². The molecule has 2 aliphatic rings. The van der Waals surface area contributed by atoms with Crippen LogP contribution in [0.2, 0.25) is 0 Å². The summed E-state index contributed by atoms with van der Waals surface area (Å²) >= 11 is 4.50. The van der Waals surface area contributed by atoms with Gasteiger partial charge in [0.25, 0.3) is 11.1 Å². The minimum atomic E-state index is -0.244. The summed E-state index contributed by atoms with van der Waals surface area (Å²) in [5, 5.41) is 0.716. The molecule has 2 saturated heterocycles. The van der Waals surface area contributed by atoms with Crippen molar-refractivity contribution in [3.63, 3.8) is 0 Å². The van der Waals surface area contributed by atoms with E-state index in [0.29, 0.717) is 11.4 Å². The van der Waals surface area contributed by atoms with Crippen molar-refractivity contribution in [3.05, 3.63) is 39.3 Å². The van der Waals surface area contributed by atoms with E-state index in [9.17, 15) is 14.4 Å². The van der Waals surface area contributed by atoms with Gasteiger partial charge >= 0.3 is 0 Å². The summed E-state index contributed by atoms with van der Waals surface area (Å²) in [6.07, 6.45) is 7.69. The van der Waals surface area contributed by atoms with Gasteiger partial charge in [0.05, 0.1) is 4.91 Å². The number of benzene rings is 1. The molecule has 3 amide bonds. The largest absolute Gasteiger partial charge is 0.338 e. The van der Waals surface area contributed by atoms with Gasteiger partial charge in [-0.1, -0.05) is 22.9 Å². The Kier molecular flexibility index (Phi) is 6.57. The quantitative estimate of drug-likeness (QED) is 0.522. The van der Waals surface area contributed by atoms with Crippen LogP contribution in [0.15, 0.2) is 33.8 Å². The van der Waals surface area contributed by atoms with E-state index in [0.717, 1.165) is 58.5 Å². The molecule has 4 rings (SSSR count). The van der Waals surface area contributed by atoms with E-state index in [1.807, 2.05) is 40.8 Å². The standard InChI is InChI=1S/C23H26BrN3O3S/c1-3-9-27-22(29)20(31-23(27)30)11-16-13-25(19-8-7-17(24)12-18(16)19)14-21(28)26-10-5-4-6-15(26)2/h7-8,11-13,15H,3-6,9-10,14H2,1-2H3/b20-11-/t15-/m0/s1. The number of thioether (sulfide) groups is 1. The molecule has 0 radical (unpaired) electrons. The van der Waals surface area contributed by atoms with Gasteiger partial charge in [0, 0.05) is 46.3 Å². The second-order valence-corrected chi connectivity index (χ2v) is 10.0. The molecule has 0 saturated carbocycles.